The predicted octanol–water partition coefficient (Wildman–Crippen LogP) is 4.50. The number of hydrogen-bond acceptors (Lipinski definition) is 8. The van der Waals surface area contributed by atoms with Crippen LogP contribution in [0.5, 0.6) is 11.5 Å². The molecule has 0 radical (unpaired) electrons. The number of amides is 4. The second-order valence-corrected chi connectivity index (χ2v) is 14.6. The maximum atomic E-state index is 14.4. The highest BCUT2D eigenvalue weighted by atomic mass is 79.9. The van der Waals surface area contributed by atoms with Gasteiger partial charge in [-0.1, -0.05) is 27.6 Å². The lowest BCUT2D eigenvalue weighted by Crippen LogP contribution is -2.61. The molecule has 4 fully saturated rings. The van der Waals surface area contributed by atoms with Gasteiger partial charge in [-0.25, -0.2) is 0 Å². The van der Waals surface area contributed by atoms with E-state index < -0.39 is 45.2 Å². The Morgan fingerprint density at radius 1 is 0.936 bits per heavy atom. The Morgan fingerprint density at radius 3 is 2.38 bits per heavy atom. The number of nitrogens with zero attached hydrogens (tertiary/aromatic N) is 3. The zero-order valence-electron chi connectivity index (χ0n) is 25.0. The number of hydrogen-bond donors (Lipinski definition) is 1. The van der Waals surface area contributed by atoms with Crippen LogP contribution in [0.25, 0.3) is 0 Å². The van der Waals surface area contributed by atoms with Crippen molar-refractivity contribution in [2.24, 2.45) is 23.7 Å². The van der Waals surface area contributed by atoms with Gasteiger partial charge in [0.2, 0.25) is 11.8 Å². The van der Waals surface area contributed by atoms with Crippen molar-refractivity contribution in [3.8, 4) is 11.5 Å². The van der Waals surface area contributed by atoms with Gasteiger partial charge in [-0.2, -0.15) is 0 Å². The minimum absolute atomic E-state index is 0.0489. The normalized spacial score (nSPS) is 33.1. The molecule has 10 nitrogen and oxygen atoms in total. The molecule has 2 aromatic carbocycles. The number of likely N-dealkylation sites (tertiary alicyclic amines) is 1. The van der Waals surface area contributed by atoms with Crippen LogP contribution in [0.15, 0.2) is 65.9 Å². The summed E-state index contributed by atoms with van der Waals surface area (Å²) in [5.74, 6) is -4.39. The number of phenolic OH excluding ortho intramolecular Hbond substituents is 1. The van der Waals surface area contributed by atoms with Crippen LogP contribution >= 0.6 is 39.1 Å². The van der Waals surface area contributed by atoms with Crippen molar-refractivity contribution in [2.45, 2.75) is 29.0 Å². The molecule has 2 aromatic rings. The van der Waals surface area contributed by atoms with Crippen LogP contribution in [-0.2, 0) is 30.3 Å². The zero-order chi connectivity index (χ0) is 32.8. The fourth-order valence-corrected chi connectivity index (χ4v) is 9.89. The van der Waals surface area contributed by atoms with Gasteiger partial charge in [-0.15, -0.1) is 23.2 Å². The summed E-state index contributed by atoms with van der Waals surface area (Å²) in [5.41, 5.74) is 3.31. The molecule has 6 unspecified atom stereocenters. The van der Waals surface area contributed by atoms with Gasteiger partial charge in [0.05, 0.1) is 42.5 Å². The number of phenols is 1. The number of halogens is 3. The maximum absolute atomic E-state index is 14.4. The number of alkyl halides is 3. The molecule has 244 valence electrons. The van der Waals surface area contributed by atoms with Crippen molar-refractivity contribution in [1.82, 2.24) is 4.90 Å². The summed E-state index contributed by atoms with van der Waals surface area (Å²) < 4.78 is 11.4. The minimum Gasteiger partial charge on any atom is -0.508 e. The molecule has 8 rings (SSSR count). The minimum atomic E-state index is -1.92. The Kier molecular flexibility index (Phi) is 7.29. The third kappa shape index (κ3) is 4.32. The number of aromatic hydroxyl groups is 1. The first-order valence-corrected chi connectivity index (χ1v) is 17.4. The van der Waals surface area contributed by atoms with Crippen LogP contribution in [0.1, 0.15) is 18.4 Å². The number of allylic oxidation sites excluding steroid dienone is 3. The molecule has 1 N–H and O–H groups in total. The number of rotatable bonds is 4. The SMILES string of the molecule is O=C1C2CC=C3C(CC4(Cl)C(=O)N(CBr)C(=O)C4(Cl)C3C3=COc4ccc(O)cc4C3)C2C(=O)N1c1ccc(N2CCOCC2)cc1. The molecule has 4 heterocycles. The fraction of sp³-hybridized carbons (Fsp3) is 0.412. The Balaban J connectivity index is 1.18. The number of carbonyl (C=O) groups is 4. The van der Waals surface area contributed by atoms with Crippen molar-refractivity contribution >= 4 is 74.1 Å². The van der Waals surface area contributed by atoms with Crippen LogP contribution in [0, 0.1) is 23.7 Å². The van der Waals surface area contributed by atoms with Gasteiger partial charge in [-0.05, 0) is 66.8 Å². The van der Waals surface area contributed by atoms with E-state index in [9.17, 15) is 24.3 Å². The van der Waals surface area contributed by atoms with E-state index in [1.807, 2.05) is 18.2 Å². The molecule has 6 aliphatic rings. The number of fused-ring (bicyclic) bond motifs is 5. The molecule has 1 saturated carbocycles. The van der Waals surface area contributed by atoms with Gasteiger partial charge in [-0.3, -0.25) is 29.0 Å². The molecule has 0 aromatic heterocycles. The highest BCUT2D eigenvalue weighted by molar-refractivity contribution is 9.09. The second-order valence-electron chi connectivity index (χ2n) is 12.9. The summed E-state index contributed by atoms with van der Waals surface area (Å²) in [7, 11) is 0. The molecule has 2 aliphatic carbocycles. The number of carbonyl (C=O) groups excluding carboxylic acids is 4. The summed E-state index contributed by atoms with van der Waals surface area (Å²) >= 11 is 17.9. The first kappa shape index (κ1) is 30.9. The summed E-state index contributed by atoms with van der Waals surface area (Å²) in [6.45, 7) is 2.78. The van der Waals surface area contributed by atoms with Gasteiger partial charge in [0.25, 0.3) is 11.8 Å². The van der Waals surface area contributed by atoms with Gasteiger partial charge >= 0.3 is 0 Å². The largest absolute Gasteiger partial charge is 0.508 e. The van der Waals surface area contributed by atoms with Crippen molar-refractivity contribution < 1.29 is 33.8 Å². The molecule has 3 saturated heterocycles. The Morgan fingerprint density at radius 2 is 1.66 bits per heavy atom. The number of imide groups is 2. The Labute approximate surface area is 289 Å². The quantitative estimate of drug-likeness (QED) is 0.211. The lowest BCUT2D eigenvalue weighted by atomic mass is 9.56. The van der Waals surface area contributed by atoms with Gasteiger partial charge < -0.3 is 19.5 Å². The molecule has 6 atom stereocenters. The van der Waals surface area contributed by atoms with Gasteiger partial charge in [0.1, 0.15) is 11.5 Å². The smallest absolute Gasteiger partial charge is 0.254 e. The average Bonchev–Trinajstić information content (AvgIpc) is 3.42. The first-order chi connectivity index (χ1) is 22.6. The highest BCUT2D eigenvalue weighted by Crippen LogP contribution is 2.65. The van der Waals surface area contributed by atoms with Crippen LogP contribution in [0.2, 0.25) is 0 Å². The second kappa shape index (κ2) is 11.1. The summed E-state index contributed by atoms with van der Waals surface area (Å²) in [5, 5.41) is 10.2. The van der Waals surface area contributed by atoms with E-state index >= 15 is 0 Å². The van der Waals surface area contributed by atoms with E-state index in [1.54, 1.807) is 24.3 Å². The summed E-state index contributed by atoms with van der Waals surface area (Å²) in [6, 6.07) is 12.1. The van der Waals surface area contributed by atoms with Crippen LogP contribution in [-0.4, -0.2) is 75.1 Å². The first-order valence-electron chi connectivity index (χ1n) is 15.6. The Bertz CT molecular complexity index is 1790. The number of morpholine rings is 1. The maximum Gasteiger partial charge on any atom is 0.254 e. The molecule has 47 heavy (non-hydrogen) atoms. The van der Waals surface area contributed by atoms with Crippen LogP contribution in [0.3, 0.4) is 0 Å². The predicted molar refractivity (Wildman–Crippen MR) is 177 cm³/mol. The monoisotopic (exact) mass is 741 g/mol. The van der Waals surface area contributed by atoms with Crippen molar-refractivity contribution in [3.63, 3.8) is 0 Å². The molecular weight excluding hydrogens is 713 g/mol. The van der Waals surface area contributed by atoms with E-state index in [0.717, 1.165) is 23.7 Å². The van der Waals surface area contributed by atoms with E-state index in [-0.39, 0.29) is 42.3 Å². The zero-order valence-corrected chi connectivity index (χ0v) is 28.1. The third-order valence-electron chi connectivity index (χ3n) is 10.6. The topological polar surface area (TPSA) is 117 Å². The van der Waals surface area contributed by atoms with E-state index in [0.29, 0.717) is 41.4 Å². The van der Waals surface area contributed by atoms with Crippen molar-refractivity contribution in [1.29, 1.82) is 0 Å². The van der Waals surface area contributed by atoms with Crippen LogP contribution < -0.4 is 14.5 Å². The average molecular weight is 743 g/mol. The number of ether oxygens (including phenoxy) is 2. The molecule has 4 aliphatic heterocycles. The summed E-state index contributed by atoms with van der Waals surface area (Å²) in [6.07, 6.45) is 3.86. The molecule has 0 bridgehead atoms. The van der Waals surface area contributed by atoms with Gasteiger partial charge in [0.15, 0.2) is 9.75 Å². The van der Waals surface area contributed by atoms with E-state index in [1.165, 1.54) is 17.2 Å². The molecular formula is C34H30BrCl2N3O7. The van der Waals surface area contributed by atoms with Gasteiger partial charge in [0, 0.05) is 36.7 Å². The lowest BCUT2D eigenvalue weighted by Gasteiger charge is -2.51. The standard InChI is InChI=1S/C34H30BrCl2N3O7/c35-17-39-31(44)33(36)15-25-23(28(34(33,37)32(39)45)19-13-18-14-22(41)5-8-26(18)47-16-19)6-7-24-27(25)30(43)40(29(24)42)21-3-1-20(2-4-21)38-9-11-46-12-10-38/h1-6,8,14,16,24-25,27-28,41H,7,9-13,15,17H2. The Hall–Kier alpha value is -3.38. The molecule has 4 amide bonds. The lowest BCUT2D eigenvalue weighted by molar-refractivity contribution is -0.138. The third-order valence-corrected chi connectivity index (χ3v) is 12.6. The van der Waals surface area contributed by atoms with E-state index in [4.69, 9.17) is 32.7 Å². The summed E-state index contributed by atoms with van der Waals surface area (Å²) in [4.78, 5) is 56.9. The highest BCUT2D eigenvalue weighted by Gasteiger charge is 2.76. The van der Waals surface area contributed by atoms with Crippen LogP contribution in [0.4, 0.5) is 11.4 Å². The molecule has 13 heteroatoms. The van der Waals surface area contributed by atoms with Crippen molar-refractivity contribution in [2.75, 3.05) is 41.6 Å². The van der Waals surface area contributed by atoms with E-state index in [2.05, 4.69) is 20.8 Å². The van der Waals surface area contributed by atoms with Crippen molar-refractivity contribution in [3.05, 3.63) is 71.5 Å². The number of anilines is 2. The molecule has 0 spiro atoms. The number of benzene rings is 2. The fourth-order valence-electron chi connectivity index (χ4n) is 8.45.